The molecule has 10 heteroatoms. The lowest BCUT2D eigenvalue weighted by Crippen LogP contribution is -2.60. The number of nitrogens with one attached hydrogen (secondary N) is 1. The van der Waals surface area contributed by atoms with Crippen molar-refractivity contribution in [1.82, 2.24) is 24.9 Å². The average molecular weight is 628 g/mol. The molecule has 4 amide bonds. The van der Waals surface area contributed by atoms with Gasteiger partial charge in [-0.15, -0.1) is 0 Å². The van der Waals surface area contributed by atoms with Gasteiger partial charge in [0, 0.05) is 32.3 Å². The maximum absolute atomic E-state index is 14.1. The Bertz CT molecular complexity index is 1200. The van der Waals surface area contributed by atoms with Gasteiger partial charge in [-0.2, -0.15) is 0 Å². The molecule has 45 heavy (non-hydrogen) atoms. The molecule has 0 aromatic carbocycles. The summed E-state index contributed by atoms with van der Waals surface area (Å²) in [7, 11) is 3.47. The molecule has 0 saturated carbocycles. The zero-order valence-corrected chi connectivity index (χ0v) is 29.3. The summed E-state index contributed by atoms with van der Waals surface area (Å²) in [6.07, 6.45) is 7.62. The SMILES string of the molecule is CC(=C[C@H](C(C)C)N(C)C(=O)[C@@H](NC(=O)[C@H]1CCCCN1C(C)C)C(C)(C)C)C(=O)N1CCC[C@H]1C(=O)N(C)Cc1ccco1. The number of hydrogen-bond donors (Lipinski definition) is 1. The molecule has 2 fully saturated rings. The molecule has 1 N–H and O–H groups in total. The number of hydrogen-bond acceptors (Lipinski definition) is 6. The molecule has 0 spiro atoms. The maximum Gasteiger partial charge on any atom is 0.249 e. The highest BCUT2D eigenvalue weighted by atomic mass is 16.3. The zero-order valence-electron chi connectivity index (χ0n) is 29.3. The van der Waals surface area contributed by atoms with Crippen molar-refractivity contribution in [3.63, 3.8) is 0 Å². The van der Waals surface area contributed by atoms with Crippen LogP contribution in [-0.2, 0) is 25.7 Å². The number of nitrogens with zero attached hydrogens (tertiary/aromatic N) is 4. The smallest absolute Gasteiger partial charge is 0.249 e. The molecular formula is C35H57N5O5. The molecule has 3 heterocycles. The van der Waals surface area contributed by atoms with Crippen molar-refractivity contribution in [3.8, 4) is 0 Å². The number of piperidine rings is 1. The van der Waals surface area contributed by atoms with Gasteiger partial charge in [0.05, 0.1) is 24.9 Å². The largest absolute Gasteiger partial charge is 0.467 e. The molecule has 0 aliphatic carbocycles. The van der Waals surface area contributed by atoms with Crippen molar-refractivity contribution in [3.05, 3.63) is 35.8 Å². The second-order valence-corrected chi connectivity index (χ2v) is 14.6. The Labute approximate surface area is 270 Å². The lowest BCUT2D eigenvalue weighted by molar-refractivity contribution is -0.142. The van der Waals surface area contributed by atoms with Gasteiger partial charge in [-0.1, -0.05) is 47.1 Å². The minimum absolute atomic E-state index is 0.00299. The Hall–Kier alpha value is -3.14. The number of furan rings is 1. The highest BCUT2D eigenvalue weighted by Gasteiger charge is 2.41. The fourth-order valence-corrected chi connectivity index (χ4v) is 6.63. The molecule has 0 bridgehead atoms. The average Bonchev–Trinajstić information content (AvgIpc) is 3.68. The van der Waals surface area contributed by atoms with Crippen molar-refractivity contribution >= 4 is 23.6 Å². The van der Waals surface area contributed by atoms with Crippen molar-refractivity contribution in [2.45, 2.75) is 124 Å². The second kappa shape index (κ2) is 15.4. The summed E-state index contributed by atoms with van der Waals surface area (Å²) in [6, 6.07) is 1.94. The fourth-order valence-electron chi connectivity index (χ4n) is 6.63. The van der Waals surface area contributed by atoms with Gasteiger partial charge in [0.2, 0.25) is 23.6 Å². The maximum atomic E-state index is 14.1. The third-order valence-corrected chi connectivity index (χ3v) is 9.29. The monoisotopic (exact) mass is 627 g/mol. The summed E-state index contributed by atoms with van der Waals surface area (Å²) in [5.74, 6) is 0.0850. The highest BCUT2D eigenvalue weighted by Crippen LogP contribution is 2.27. The normalized spacial score (nSPS) is 21.2. The van der Waals surface area contributed by atoms with Crippen LogP contribution in [0.25, 0.3) is 0 Å². The fraction of sp³-hybridized carbons (Fsp3) is 0.714. The van der Waals surface area contributed by atoms with E-state index >= 15 is 0 Å². The first-order chi connectivity index (χ1) is 21.0. The molecular weight excluding hydrogens is 570 g/mol. The first-order valence-corrected chi connectivity index (χ1v) is 16.6. The number of amides is 4. The first kappa shape index (κ1) is 36.3. The Morgan fingerprint density at radius 1 is 1.02 bits per heavy atom. The van der Waals surface area contributed by atoms with Crippen LogP contribution in [0, 0.1) is 11.3 Å². The van der Waals surface area contributed by atoms with Crippen LogP contribution in [0.2, 0.25) is 0 Å². The number of carbonyl (C=O) groups is 4. The predicted molar refractivity (Wildman–Crippen MR) is 176 cm³/mol. The number of likely N-dealkylation sites (N-methyl/N-ethyl adjacent to an activating group) is 2. The van der Waals surface area contributed by atoms with Gasteiger partial charge in [-0.25, -0.2) is 0 Å². The van der Waals surface area contributed by atoms with Crippen molar-refractivity contribution in [2.24, 2.45) is 11.3 Å². The summed E-state index contributed by atoms with van der Waals surface area (Å²) in [6.45, 7) is 17.6. The molecule has 1 aromatic heterocycles. The number of likely N-dealkylation sites (tertiary alicyclic amines) is 2. The first-order valence-electron chi connectivity index (χ1n) is 16.6. The van der Waals surface area contributed by atoms with Crippen molar-refractivity contribution < 1.29 is 23.6 Å². The van der Waals surface area contributed by atoms with Gasteiger partial charge >= 0.3 is 0 Å². The standard InChI is InChI=1S/C35H57N5O5/c1-23(2)29(21-25(5)32(42)40-19-13-17-28(40)33(43)37(9)22-26-15-14-20-45-26)38(10)34(44)30(35(6,7)8)36-31(41)27-16-11-12-18-39(27)24(3)4/h14-15,20-21,23-24,27-30H,11-13,16-19,22H2,1-10H3,(H,36,41)/t27-,28+,29-,30-/m1/s1. The molecule has 10 nitrogen and oxygen atoms in total. The Balaban J connectivity index is 1.77. The van der Waals surface area contributed by atoms with E-state index in [1.165, 1.54) is 0 Å². The molecule has 2 saturated heterocycles. The van der Waals surface area contributed by atoms with E-state index in [0.29, 0.717) is 30.8 Å². The van der Waals surface area contributed by atoms with Gasteiger partial charge in [0.15, 0.2) is 0 Å². The van der Waals surface area contributed by atoms with Gasteiger partial charge in [0.25, 0.3) is 0 Å². The lowest BCUT2D eigenvalue weighted by atomic mass is 9.84. The molecule has 1 aromatic rings. The summed E-state index contributed by atoms with van der Waals surface area (Å²) in [5, 5.41) is 3.13. The minimum atomic E-state index is -0.734. The van der Waals surface area contributed by atoms with Gasteiger partial charge < -0.3 is 24.4 Å². The van der Waals surface area contributed by atoms with Gasteiger partial charge in [-0.05, 0) is 76.5 Å². The Morgan fingerprint density at radius 2 is 1.69 bits per heavy atom. The molecule has 4 atom stereocenters. The third-order valence-electron chi connectivity index (χ3n) is 9.29. The molecule has 0 radical (unpaired) electrons. The van der Waals surface area contributed by atoms with E-state index in [1.807, 2.05) is 46.8 Å². The molecule has 2 aliphatic heterocycles. The van der Waals surface area contributed by atoms with E-state index in [4.69, 9.17) is 4.42 Å². The van der Waals surface area contributed by atoms with E-state index in [1.54, 1.807) is 48.0 Å². The van der Waals surface area contributed by atoms with Crippen LogP contribution in [0.1, 0.15) is 93.3 Å². The molecule has 0 unspecified atom stereocenters. The summed E-state index contributed by atoms with van der Waals surface area (Å²) >= 11 is 0. The summed E-state index contributed by atoms with van der Waals surface area (Å²) in [4.78, 5) is 62.0. The van der Waals surface area contributed by atoms with E-state index in [-0.39, 0.29) is 47.7 Å². The van der Waals surface area contributed by atoms with E-state index in [9.17, 15) is 19.2 Å². The van der Waals surface area contributed by atoms with Crippen LogP contribution in [0.5, 0.6) is 0 Å². The molecule has 252 valence electrons. The Morgan fingerprint density at radius 3 is 2.27 bits per heavy atom. The van der Waals surface area contributed by atoms with Gasteiger partial charge in [-0.3, -0.25) is 24.1 Å². The number of rotatable bonds is 11. The van der Waals surface area contributed by atoms with Crippen LogP contribution < -0.4 is 5.32 Å². The summed E-state index contributed by atoms with van der Waals surface area (Å²) in [5.41, 5.74) is -0.0351. The van der Waals surface area contributed by atoms with E-state index in [0.717, 1.165) is 32.2 Å². The summed E-state index contributed by atoms with van der Waals surface area (Å²) < 4.78 is 5.40. The molecule has 2 aliphatic rings. The minimum Gasteiger partial charge on any atom is -0.467 e. The molecule has 3 rings (SSSR count). The highest BCUT2D eigenvalue weighted by molar-refractivity contribution is 5.97. The predicted octanol–water partition coefficient (Wildman–Crippen LogP) is 4.45. The number of carbonyl (C=O) groups excluding carboxylic acids is 4. The zero-order chi connectivity index (χ0) is 33.6. The third kappa shape index (κ3) is 8.99. The van der Waals surface area contributed by atoms with Crippen molar-refractivity contribution in [1.29, 1.82) is 0 Å². The Kier molecular flexibility index (Phi) is 12.5. The van der Waals surface area contributed by atoms with Crippen LogP contribution in [0.15, 0.2) is 34.5 Å². The van der Waals surface area contributed by atoms with Crippen molar-refractivity contribution in [2.75, 3.05) is 27.2 Å². The van der Waals surface area contributed by atoms with E-state index in [2.05, 4.69) is 24.1 Å². The van der Waals surface area contributed by atoms with Crippen LogP contribution in [0.3, 0.4) is 0 Å². The van der Waals surface area contributed by atoms with Crippen LogP contribution >= 0.6 is 0 Å². The van der Waals surface area contributed by atoms with Gasteiger partial charge in [0.1, 0.15) is 17.8 Å². The van der Waals surface area contributed by atoms with Crippen LogP contribution in [-0.4, -0.2) is 101 Å². The second-order valence-electron chi connectivity index (χ2n) is 14.6. The lowest BCUT2D eigenvalue weighted by Gasteiger charge is -2.41. The quantitative estimate of drug-likeness (QED) is 0.364. The topological polar surface area (TPSA) is 106 Å². The van der Waals surface area contributed by atoms with E-state index < -0.39 is 17.5 Å². The van der Waals surface area contributed by atoms with Crippen LogP contribution in [0.4, 0.5) is 0 Å².